The highest BCUT2D eigenvalue weighted by atomic mass is 16.5. The van der Waals surface area contributed by atoms with Gasteiger partial charge in [-0.2, -0.15) is 0 Å². The first kappa shape index (κ1) is 13.8. The number of rotatable bonds is 7. The smallest absolute Gasteiger partial charge is 0.287 e. The van der Waals surface area contributed by atoms with E-state index in [2.05, 4.69) is 19.2 Å². The molecule has 96 valence electrons. The van der Waals surface area contributed by atoms with Gasteiger partial charge in [0.25, 0.3) is 5.91 Å². The first-order valence-electron chi connectivity index (χ1n) is 6.01. The van der Waals surface area contributed by atoms with E-state index in [9.17, 15) is 4.79 Å². The topological polar surface area (TPSA) is 51.5 Å². The van der Waals surface area contributed by atoms with Crippen LogP contribution in [0.4, 0.5) is 0 Å². The molecule has 0 spiro atoms. The van der Waals surface area contributed by atoms with E-state index in [1.54, 1.807) is 6.07 Å². The quantitative estimate of drug-likeness (QED) is 0.743. The van der Waals surface area contributed by atoms with E-state index >= 15 is 0 Å². The molecule has 4 heteroatoms. The van der Waals surface area contributed by atoms with Crippen molar-refractivity contribution in [2.75, 3.05) is 19.8 Å². The summed E-state index contributed by atoms with van der Waals surface area (Å²) in [6.45, 7) is 8.13. The molecule has 0 unspecified atom stereocenters. The second-order valence-corrected chi connectivity index (χ2v) is 4.51. The molecule has 17 heavy (non-hydrogen) atoms. The molecular formula is C13H21NO3. The van der Waals surface area contributed by atoms with Crippen LogP contribution in [0.25, 0.3) is 0 Å². The zero-order chi connectivity index (χ0) is 12.7. The van der Waals surface area contributed by atoms with Gasteiger partial charge in [0.15, 0.2) is 5.76 Å². The summed E-state index contributed by atoms with van der Waals surface area (Å²) in [5.41, 5.74) is 0.860. The highest BCUT2D eigenvalue weighted by molar-refractivity contribution is 5.92. The molecule has 1 rings (SSSR count). The van der Waals surface area contributed by atoms with Gasteiger partial charge in [-0.1, -0.05) is 13.8 Å². The molecular weight excluding hydrogens is 218 g/mol. The summed E-state index contributed by atoms with van der Waals surface area (Å²) in [5, 5.41) is 2.80. The second-order valence-electron chi connectivity index (χ2n) is 4.51. The van der Waals surface area contributed by atoms with Gasteiger partial charge in [-0.15, -0.1) is 0 Å². The first-order chi connectivity index (χ1) is 8.11. The third-order valence-electron chi connectivity index (χ3n) is 2.27. The molecule has 0 radical (unpaired) electrons. The monoisotopic (exact) mass is 239 g/mol. The summed E-state index contributed by atoms with van der Waals surface area (Å²) in [6, 6.07) is 1.78. The van der Waals surface area contributed by atoms with Crippen molar-refractivity contribution in [3.05, 3.63) is 23.7 Å². The lowest BCUT2D eigenvalue weighted by molar-refractivity contribution is 0.0899. The van der Waals surface area contributed by atoms with Crippen LogP contribution in [0.2, 0.25) is 0 Å². The molecule has 0 atom stereocenters. The van der Waals surface area contributed by atoms with E-state index in [0.717, 1.165) is 18.6 Å². The summed E-state index contributed by atoms with van der Waals surface area (Å²) < 4.78 is 10.5. The Morgan fingerprint density at radius 2 is 2.29 bits per heavy atom. The molecule has 0 aliphatic rings. The zero-order valence-corrected chi connectivity index (χ0v) is 10.8. The zero-order valence-electron chi connectivity index (χ0n) is 10.8. The van der Waals surface area contributed by atoms with E-state index in [0.29, 0.717) is 24.8 Å². The van der Waals surface area contributed by atoms with Gasteiger partial charge in [-0.25, -0.2) is 0 Å². The Bertz CT molecular complexity index is 344. The third-order valence-corrected chi connectivity index (χ3v) is 2.27. The molecule has 0 aromatic carbocycles. The number of ether oxygens (including phenoxy) is 1. The van der Waals surface area contributed by atoms with Crippen molar-refractivity contribution in [1.29, 1.82) is 0 Å². The SMILES string of the molecule is Cc1ccoc1C(=O)NCCCOCC(C)C. The van der Waals surface area contributed by atoms with E-state index in [-0.39, 0.29) is 5.91 Å². The lowest BCUT2D eigenvalue weighted by atomic mass is 10.2. The van der Waals surface area contributed by atoms with Crippen molar-refractivity contribution < 1.29 is 13.9 Å². The van der Waals surface area contributed by atoms with Crippen LogP contribution in [0, 0.1) is 12.8 Å². The van der Waals surface area contributed by atoms with Gasteiger partial charge in [0.05, 0.1) is 6.26 Å². The minimum Gasteiger partial charge on any atom is -0.459 e. The van der Waals surface area contributed by atoms with Crippen LogP contribution in [0.3, 0.4) is 0 Å². The van der Waals surface area contributed by atoms with Crippen LogP contribution in [-0.4, -0.2) is 25.7 Å². The highest BCUT2D eigenvalue weighted by Gasteiger charge is 2.11. The molecule has 0 saturated heterocycles. The second kappa shape index (κ2) is 7.12. The molecule has 0 saturated carbocycles. The van der Waals surface area contributed by atoms with Crippen LogP contribution in [0.1, 0.15) is 36.4 Å². The van der Waals surface area contributed by atoms with Gasteiger partial charge in [0, 0.05) is 25.3 Å². The number of carbonyl (C=O) groups excluding carboxylic acids is 1. The van der Waals surface area contributed by atoms with Crippen LogP contribution >= 0.6 is 0 Å². The molecule has 1 aromatic rings. The fourth-order valence-corrected chi connectivity index (χ4v) is 1.38. The van der Waals surface area contributed by atoms with Crippen molar-refractivity contribution in [3.8, 4) is 0 Å². The van der Waals surface area contributed by atoms with E-state index in [1.165, 1.54) is 6.26 Å². The van der Waals surface area contributed by atoms with E-state index in [4.69, 9.17) is 9.15 Å². The average molecular weight is 239 g/mol. The largest absolute Gasteiger partial charge is 0.459 e. The van der Waals surface area contributed by atoms with Crippen molar-refractivity contribution in [2.24, 2.45) is 5.92 Å². The maximum absolute atomic E-state index is 11.6. The third kappa shape index (κ3) is 5.04. The van der Waals surface area contributed by atoms with Gasteiger partial charge < -0.3 is 14.5 Å². The van der Waals surface area contributed by atoms with Gasteiger partial charge >= 0.3 is 0 Å². The van der Waals surface area contributed by atoms with Crippen molar-refractivity contribution in [2.45, 2.75) is 27.2 Å². The molecule has 1 heterocycles. The predicted octanol–water partition coefficient (Wildman–Crippen LogP) is 2.38. The molecule has 4 nitrogen and oxygen atoms in total. The highest BCUT2D eigenvalue weighted by Crippen LogP contribution is 2.07. The molecule has 0 aliphatic heterocycles. The summed E-state index contributed by atoms with van der Waals surface area (Å²) in [4.78, 5) is 11.6. The minimum atomic E-state index is -0.156. The summed E-state index contributed by atoms with van der Waals surface area (Å²) in [5.74, 6) is 0.791. The summed E-state index contributed by atoms with van der Waals surface area (Å²) in [7, 11) is 0. The standard InChI is InChI=1S/C13H21NO3/c1-10(2)9-16-7-4-6-14-13(15)12-11(3)5-8-17-12/h5,8,10H,4,6-7,9H2,1-3H3,(H,14,15). The van der Waals surface area contributed by atoms with Crippen molar-refractivity contribution >= 4 is 5.91 Å². The summed E-state index contributed by atoms with van der Waals surface area (Å²) >= 11 is 0. The van der Waals surface area contributed by atoms with Gasteiger partial charge in [0.1, 0.15) is 0 Å². The van der Waals surface area contributed by atoms with Crippen LogP contribution < -0.4 is 5.32 Å². The molecule has 0 aliphatic carbocycles. The predicted molar refractivity (Wildman–Crippen MR) is 66.1 cm³/mol. The summed E-state index contributed by atoms with van der Waals surface area (Å²) in [6.07, 6.45) is 2.34. The van der Waals surface area contributed by atoms with Crippen molar-refractivity contribution in [3.63, 3.8) is 0 Å². The molecule has 1 aromatic heterocycles. The van der Waals surface area contributed by atoms with Gasteiger partial charge in [0.2, 0.25) is 0 Å². The molecule has 0 fully saturated rings. The Morgan fingerprint density at radius 1 is 1.53 bits per heavy atom. The molecule has 1 amide bonds. The number of carbonyl (C=O) groups is 1. The minimum absolute atomic E-state index is 0.156. The van der Waals surface area contributed by atoms with Crippen LogP contribution in [0.15, 0.2) is 16.7 Å². The number of hydrogen-bond donors (Lipinski definition) is 1. The normalized spacial score (nSPS) is 10.8. The number of furan rings is 1. The molecule has 0 bridgehead atoms. The van der Waals surface area contributed by atoms with E-state index in [1.807, 2.05) is 6.92 Å². The van der Waals surface area contributed by atoms with Crippen LogP contribution in [0.5, 0.6) is 0 Å². The lowest BCUT2D eigenvalue weighted by Crippen LogP contribution is -2.25. The number of aryl methyl sites for hydroxylation is 1. The number of nitrogens with one attached hydrogen (secondary N) is 1. The Kier molecular flexibility index (Phi) is 5.77. The molecule has 1 N–H and O–H groups in total. The van der Waals surface area contributed by atoms with Crippen LogP contribution in [-0.2, 0) is 4.74 Å². The average Bonchev–Trinajstić information content (AvgIpc) is 2.69. The fourth-order valence-electron chi connectivity index (χ4n) is 1.38. The van der Waals surface area contributed by atoms with E-state index < -0.39 is 0 Å². The number of amides is 1. The number of hydrogen-bond acceptors (Lipinski definition) is 3. The van der Waals surface area contributed by atoms with Gasteiger partial charge in [-0.3, -0.25) is 4.79 Å². The van der Waals surface area contributed by atoms with Crippen molar-refractivity contribution in [1.82, 2.24) is 5.32 Å². The van der Waals surface area contributed by atoms with Gasteiger partial charge in [-0.05, 0) is 25.3 Å². The Hall–Kier alpha value is -1.29. The fraction of sp³-hybridized carbons (Fsp3) is 0.615. The Balaban J connectivity index is 2.11. The Labute approximate surface area is 102 Å². The Morgan fingerprint density at radius 3 is 2.88 bits per heavy atom. The maximum Gasteiger partial charge on any atom is 0.287 e. The maximum atomic E-state index is 11.6. The lowest BCUT2D eigenvalue weighted by Gasteiger charge is -2.07. The first-order valence-corrected chi connectivity index (χ1v) is 6.01.